The first kappa shape index (κ1) is 12.1. The molecule has 0 aromatic rings. The van der Waals surface area contributed by atoms with Crippen LogP contribution in [0.4, 0.5) is 0 Å². The van der Waals surface area contributed by atoms with E-state index in [9.17, 15) is 0 Å². The molecule has 2 heteroatoms. The summed E-state index contributed by atoms with van der Waals surface area (Å²) in [6, 6.07) is 0.591. The van der Waals surface area contributed by atoms with Crippen LogP contribution in [-0.2, 0) is 4.74 Å². The van der Waals surface area contributed by atoms with Crippen molar-refractivity contribution in [1.29, 1.82) is 0 Å². The second-order valence-electron chi connectivity index (χ2n) is 5.25. The Hall–Kier alpha value is -0.340. The Morgan fingerprint density at radius 1 is 1.44 bits per heavy atom. The summed E-state index contributed by atoms with van der Waals surface area (Å²) in [7, 11) is 0. The molecule has 2 aliphatic heterocycles. The van der Waals surface area contributed by atoms with Crippen LogP contribution in [0.25, 0.3) is 0 Å². The molecule has 2 rings (SSSR count). The number of hydrogen-bond acceptors (Lipinski definition) is 2. The van der Waals surface area contributed by atoms with Crippen LogP contribution in [0.3, 0.4) is 0 Å². The van der Waals surface area contributed by atoms with Gasteiger partial charge in [0, 0.05) is 12.0 Å². The summed E-state index contributed by atoms with van der Waals surface area (Å²) in [4.78, 5) is 0. The highest BCUT2D eigenvalue weighted by molar-refractivity contribution is 5.02. The molecule has 2 bridgehead atoms. The molecule has 0 aliphatic carbocycles. The standard InChI is InChI=1S/C14H25NO/c1-4-10(3)8-13(15-5-2)12-9-11-6-7-14(12)16-11/h11-15H,3-9H2,1-2H3. The van der Waals surface area contributed by atoms with Gasteiger partial charge in [0.05, 0.1) is 12.2 Å². The minimum absolute atomic E-state index is 0.527. The van der Waals surface area contributed by atoms with Gasteiger partial charge in [0.15, 0.2) is 0 Å². The van der Waals surface area contributed by atoms with Gasteiger partial charge in [-0.15, -0.1) is 0 Å². The molecule has 16 heavy (non-hydrogen) atoms. The van der Waals surface area contributed by atoms with E-state index in [4.69, 9.17) is 4.74 Å². The maximum absolute atomic E-state index is 5.96. The zero-order valence-electron chi connectivity index (χ0n) is 10.7. The first-order valence-electron chi connectivity index (χ1n) is 6.80. The summed E-state index contributed by atoms with van der Waals surface area (Å²) < 4.78 is 5.96. The second-order valence-corrected chi connectivity index (χ2v) is 5.25. The van der Waals surface area contributed by atoms with Crippen molar-refractivity contribution < 1.29 is 4.74 Å². The average Bonchev–Trinajstić information content (AvgIpc) is 2.90. The lowest BCUT2D eigenvalue weighted by molar-refractivity contribution is 0.0858. The highest BCUT2D eigenvalue weighted by atomic mass is 16.5. The van der Waals surface area contributed by atoms with Crippen LogP contribution < -0.4 is 5.32 Å². The van der Waals surface area contributed by atoms with Crippen molar-refractivity contribution in [3.63, 3.8) is 0 Å². The van der Waals surface area contributed by atoms with Gasteiger partial charge in [0.25, 0.3) is 0 Å². The Balaban J connectivity index is 1.93. The van der Waals surface area contributed by atoms with Crippen molar-refractivity contribution >= 4 is 0 Å². The van der Waals surface area contributed by atoms with E-state index >= 15 is 0 Å². The summed E-state index contributed by atoms with van der Waals surface area (Å²) in [5, 5.41) is 3.63. The minimum Gasteiger partial charge on any atom is -0.375 e. The molecule has 0 amide bonds. The normalized spacial score (nSPS) is 34.2. The van der Waals surface area contributed by atoms with Gasteiger partial charge in [0.1, 0.15) is 0 Å². The van der Waals surface area contributed by atoms with Crippen LogP contribution in [0.1, 0.15) is 46.0 Å². The lowest BCUT2D eigenvalue weighted by atomic mass is 9.81. The van der Waals surface area contributed by atoms with E-state index in [0.717, 1.165) is 25.3 Å². The molecule has 2 fully saturated rings. The van der Waals surface area contributed by atoms with Gasteiger partial charge in [-0.25, -0.2) is 0 Å². The fraction of sp³-hybridized carbons (Fsp3) is 0.857. The van der Waals surface area contributed by atoms with Crippen molar-refractivity contribution in [2.45, 2.75) is 64.2 Å². The zero-order valence-corrected chi connectivity index (χ0v) is 10.7. The van der Waals surface area contributed by atoms with Crippen molar-refractivity contribution in [2.24, 2.45) is 5.92 Å². The van der Waals surface area contributed by atoms with Crippen molar-refractivity contribution in [2.75, 3.05) is 6.54 Å². The van der Waals surface area contributed by atoms with Gasteiger partial charge in [0.2, 0.25) is 0 Å². The van der Waals surface area contributed by atoms with Crippen molar-refractivity contribution in [1.82, 2.24) is 5.32 Å². The quantitative estimate of drug-likeness (QED) is 0.699. The van der Waals surface area contributed by atoms with Crippen LogP contribution in [0.15, 0.2) is 12.2 Å². The topological polar surface area (TPSA) is 21.3 Å². The lowest BCUT2D eigenvalue weighted by Gasteiger charge is -2.29. The molecule has 1 N–H and O–H groups in total. The summed E-state index contributed by atoms with van der Waals surface area (Å²) in [6.45, 7) is 9.59. The molecule has 0 aromatic heterocycles. The molecule has 0 saturated carbocycles. The maximum Gasteiger partial charge on any atom is 0.0623 e. The second kappa shape index (κ2) is 5.33. The Labute approximate surface area is 99.4 Å². The van der Waals surface area contributed by atoms with Gasteiger partial charge in [-0.3, -0.25) is 0 Å². The first-order valence-corrected chi connectivity index (χ1v) is 6.80. The largest absolute Gasteiger partial charge is 0.375 e. The van der Waals surface area contributed by atoms with Crippen LogP contribution in [0.2, 0.25) is 0 Å². The lowest BCUT2D eigenvalue weighted by Crippen LogP contribution is -2.40. The molecule has 2 heterocycles. The average molecular weight is 223 g/mol. The zero-order chi connectivity index (χ0) is 11.5. The third-order valence-corrected chi connectivity index (χ3v) is 4.14. The van der Waals surface area contributed by atoms with Gasteiger partial charge in [-0.2, -0.15) is 0 Å². The highest BCUT2D eigenvalue weighted by Gasteiger charge is 2.43. The molecular formula is C14H25NO. The van der Waals surface area contributed by atoms with Crippen LogP contribution in [0.5, 0.6) is 0 Å². The molecule has 2 nitrogen and oxygen atoms in total. The van der Waals surface area contributed by atoms with E-state index in [-0.39, 0.29) is 0 Å². The fourth-order valence-electron chi connectivity index (χ4n) is 3.19. The van der Waals surface area contributed by atoms with Crippen LogP contribution >= 0.6 is 0 Å². The smallest absolute Gasteiger partial charge is 0.0623 e. The molecule has 2 saturated heterocycles. The SMILES string of the molecule is C=C(CC)CC(NCC)C1CC2CCC1O2. The third kappa shape index (κ3) is 2.49. The Bertz CT molecular complexity index is 251. The van der Waals surface area contributed by atoms with Gasteiger partial charge >= 0.3 is 0 Å². The molecular weight excluding hydrogens is 198 g/mol. The molecule has 0 radical (unpaired) electrons. The van der Waals surface area contributed by atoms with Crippen molar-refractivity contribution in [3.05, 3.63) is 12.2 Å². The van der Waals surface area contributed by atoms with Crippen molar-refractivity contribution in [3.8, 4) is 0 Å². The maximum atomic E-state index is 5.96. The Morgan fingerprint density at radius 3 is 2.75 bits per heavy atom. The monoisotopic (exact) mass is 223 g/mol. The number of rotatable bonds is 6. The van der Waals surface area contributed by atoms with E-state index in [1.807, 2.05) is 0 Å². The predicted octanol–water partition coefficient (Wildman–Crippen LogP) is 2.89. The number of hydrogen-bond donors (Lipinski definition) is 1. The molecule has 0 spiro atoms. The summed E-state index contributed by atoms with van der Waals surface area (Å²) >= 11 is 0. The summed E-state index contributed by atoms with van der Waals surface area (Å²) in [5.74, 6) is 0.724. The molecule has 92 valence electrons. The van der Waals surface area contributed by atoms with E-state index in [2.05, 4.69) is 25.7 Å². The van der Waals surface area contributed by atoms with Gasteiger partial charge in [-0.1, -0.05) is 26.0 Å². The predicted molar refractivity (Wildman–Crippen MR) is 67.5 cm³/mol. The summed E-state index contributed by atoms with van der Waals surface area (Å²) in [5.41, 5.74) is 1.37. The number of nitrogens with one attached hydrogen (secondary N) is 1. The minimum atomic E-state index is 0.527. The van der Waals surface area contributed by atoms with Gasteiger partial charge < -0.3 is 10.1 Å². The molecule has 0 aromatic carbocycles. The first-order chi connectivity index (χ1) is 7.74. The van der Waals surface area contributed by atoms with Crippen LogP contribution in [0, 0.1) is 5.92 Å². The third-order valence-electron chi connectivity index (χ3n) is 4.14. The highest BCUT2D eigenvalue weighted by Crippen LogP contribution is 2.41. The van der Waals surface area contributed by atoms with E-state index in [1.54, 1.807) is 0 Å². The Morgan fingerprint density at radius 2 is 2.25 bits per heavy atom. The molecule has 4 atom stereocenters. The molecule has 2 aliphatic rings. The number of ether oxygens (including phenoxy) is 1. The van der Waals surface area contributed by atoms with Crippen LogP contribution in [-0.4, -0.2) is 24.8 Å². The van der Waals surface area contributed by atoms with Gasteiger partial charge in [-0.05, 0) is 38.6 Å². The fourth-order valence-corrected chi connectivity index (χ4v) is 3.19. The molecule has 4 unspecified atom stereocenters. The van der Waals surface area contributed by atoms with E-state index in [1.165, 1.54) is 24.8 Å². The number of fused-ring (bicyclic) bond motifs is 2. The summed E-state index contributed by atoms with van der Waals surface area (Å²) in [6.07, 6.45) is 7.14. The van der Waals surface area contributed by atoms with E-state index < -0.39 is 0 Å². The van der Waals surface area contributed by atoms with E-state index in [0.29, 0.717) is 18.2 Å². The Kier molecular flexibility index (Phi) is 4.04.